The number of benzene rings is 3. The number of carbonyl (C=O) groups is 1. The normalized spacial score (nSPS) is 10.7. The highest BCUT2D eigenvalue weighted by atomic mass is 19.1. The van der Waals surface area contributed by atoms with E-state index in [9.17, 15) is 14.3 Å². The molecule has 0 spiro atoms. The quantitative estimate of drug-likeness (QED) is 0.221. The fourth-order valence-corrected chi connectivity index (χ4v) is 4.54. The lowest BCUT2D eigenvalue weighted by Gasteiger charge is -2.17. The molecule has 0 saturated carbocycles. The number of fused-ring (bicyclic) bond motifs is 2. The zero-order valence-electron chi connectivity index (χ0n) is 22.3. The monoisotopic (exact) mass is 519 g/mol. The number of rotatable bonds is 7. The first kappa shape index (κ1) is 28.6. The average molecular weight is 520 g/mol. The highest BCUT2D eigenvalue weighted by molar-refractivity contribution is 6.06. The molecule has 0 aliphatic heterocycles. The van der Waals surface area contributed by atoms with Gasteiger partial charge in [0.25, 0.3) is 0 Å². The zero-order chi connectivity index (χ0) is 27.8. The molecule has 0 saturated heterocycles. The van der Waals surface area contributed by atoms with Gasteiger partial charge >= 0.3 is 0 Å². The summed E-state index contributed by atoms with van der Waals surface area (Å²) in [7, 11) is 1.00. The molecule has 0 amide bonds. The van der Waals surface area contributed by atoms with Crippen molar-refractivity contribution in [2.24, 2.45) is 0 Å². The van der Waals surface area contributed by atoms with E-state index in [0.29, 0.717) is 11.3 Å². The Labute approximate surface area is 221 Å². The van der Waals surface area contributed by atoms with Gasteiger partial charge in [0.2, 0.25) is 0 Å². The molecule has 2 heterocycles. The number of aliphatic hydroxyl groups excluding tert-OH is 2. The lowest BCUT2D eigenvalue weighted by molar-refractivity contribution is 0.112. The number of nitrogens with zero attached hydrogens (tertiary/aromatic N) is 2. The van der Waals surface area contributed by atoms with E-state index in [-0.39, 0.29) is 24.9 Å². The fourth-order valence-electron chi connectivity index (χ4n) is 4.54. The Morgan fingerprint density at radius 2 is 1.79 bits per heavy atom. The SMILES string of the molecule is CC.CC(C)c1c(-c2ccc(C=O)cc2OCCO)c2cc3[nH]ncc3cc2n1-c1ccc(F)cc1.CO. The van der Waals surface area contributed by atoms with Crippen LogP contribution in [0, 0.1) is 5.82 Å². The van der Waals surface area contributed by atoms with Crippen molar-refractivity contribution in [2.75, 3.05) is 20.3 Å². The van der Waals surface area contributed by atoms with Crippen molar-refractivity contribution in [3.8, 4) is 22.6 Å². The second kappa shape index (κ2) is 13.0. The maximum absolute atomic E-state index is 13.8. The number of aldehydes is 1. The Balaban J connectivity index is 0.000000956. The first-order valence-electron chi connectivity index (χ1n) is 12.6. The van der Waals surface area contributed by atoms with Gasteiger partial charge in [-0.2, -0.15) is 5.10 Å². The third-order valence-corrected chi connectivity index (χ3v) is 5.96. The van der Waals surface area contributed by atoms with Gasteiger partial charge in [-0.05, 0) is 54.4 Å². The minimum Gasteiger partial charge on any atom is -0.491 e. The highest BCUT2D eigenvalue weighted by Crippen LogP contribution is 2.45. The van der Waals surface area contributed by atoms with Gasteiger partial charge in [0.1, 0.15) is 24.5 Å². The molecule has 0 aliphatic rings. The van der Waals surface area contributed by atoms with Crippen LogP contribution in [0.5, 0.6) is 5.75 Å². The molecule has 0 radical (unpaired) electrons. The van der Waals surface area contributed by atoms with Gasteiger partial charge in [0.05, 0.1) is 23.8 Å². The van der Waals surface area contributed by atoms with Crippen LogP contribution in [0.15, 0.2) is 60.8 Å². The van der Waals surface area contributed by atoms with Crippen molar-refractivity contribution in [2.45, 2.75) is 33.6 Å². The maximum atomic E-state index is 13.8. The molecule has 3 aromatic carbocycles. The average Bonchev–Trinajstić information content (AvgIpc) is 3.55. The van der Waals surface area contributed by atoms with Crippen LogP contribution in [0.4, 0.5) is 4.39 Å². The molecule has 38 heavy (non-hydrogen) atoms. The third-order valence-electron chi connectivity index (χ3n) is 5.96. The van der Waals surface area contributed by atoms with E-state index in [1.807, 2.05) is 19.9 Å². The van der Waals surface area contributed by atoms with Crippen LogP contribution in [0.1, 0.15) is 49.7 Å². The Morgan fingerprint density at radius 3 is 2.42 bits per heavy atom. The van der Waals surface area contributed by atoms with Crippen LogP contribution in [-0.4, -0.2) is 51.6 Å². The predicted octanol–water partition coefficient (Wildman–Crippen LogP) is 6.25. The van der Waals surface area contributed by atoms with E-state index in [1.165, 1.54) is 12.1 Å². The minimum atomic E-state index is -0.298. The van der Waals surface area contributed by atoms with Gasteiger partial charge in [-0.15, -0.1) is 0 Å². The molecule has 0 unspecified atom stereocenters. The Morgan fingerprint density at radius 1 is 1.08 bits per heavy atom. The Hall–Kier alpha value is -4.01. The molecule has 5 aromatic rings. The predicted molar refractivity (Wildman–Crippen MR) is 150 cm³/mol. The number of carbonyl (C=O) groups excluding carboxylic acids is 1. The fraction of sp³-hybridized carbons (Fsp3) is 0.267. The van der Waals surface area contributed by atoms with E-state index < -0.39 is 0 Å². The van der Waals surface area contributed by atoms with Gasteiger partial charge in [-0.1, -0.05) is 33.8 Å². The lowest BCUT2D eigenvalue weighted by Crippen LogP contribution is -2.05. The smallest absolute Gasteiger partial charge is 0.150 e. The van der Waals surface area contributed by atoms with Gasteiger partial charge in [0.15, 0.2) is 0 Å². The van der Waals surface area contributed by atoms with E-state index in [2.05, 4.69) is 40.7 Å². The van der Waals surface area contributed by atoms with E-state index in [1.54, 1.807) is 30.5 Å². The molecular weight excluding hydrogens is 485 g/mol. The number of aliphatic hydroxyl groups is 2. The standard InChI is InChI=1S/C27H24FN3O3.C2H6.CH4O/c1-16(2)27-26(21-8-3-17(15-33)11-25(21)34-10-9-32)22-13-23-18(14-29-30-23)12-24(22)31(27)20-6-4-19(28)5-7-20;2*1-2/h3-8,11-16,32H,9-10H2,1-2H3,(H,29,30);1-2H3;2H,1H3. The second-order valence-electron chi connectivity index (χ2n) is 8.50. The van der Waals surface area contributed by atoms with Crippen molar-refractivity contribution < 1.29 is 24.1 Å². The summed E-state index contributed by atoms with van der Waals surface area (Å²) in [5, 5.41) is 25.5. The van der Waals surface area contributed by atoms with Gasteiger partial charge in [-0.25, -0.2) is 4.39 Å². The van der Waals surface area contributed by atoms with Crippen molar-refractivity contribution in [3.63, 3.8) is 0 Å². The minimum absolute atomic E-state index is 0.0976. The summed E-state index contributed by atoms with van der Waals surface area (Å²) in [5.74, 6) is 0.316. The van der Waals surface area contributed by atoms with Crippen LogP contribution in [0.2, 0.25) is 0 Å². The number of nitrogens with one attached hydrogen (secondary N) is 1. The molecule has 200 valence electrons. The molecule has 0 atom stereocenters. The summed E-state index contributed by atoms with van der Waals surface area (Å²) < 4.78 is 21.8. The summed E-state index contributed by atoms with van der Waals surface area (Å²) in [6, 6.07) is 15.9. The van der Waals surface area contributed by atoms with E-state index >= 15 is 0 Å². The topological polar surface area (TPSA) is 100 Å². The van der Waals surface area contributed by atoms with Crippen molar-refractivity contribution in [1.29, 1.82) is 0 Å². The molecule has 8 heteroatoms. The summed E-state index contributed by atoms with van der Waals surface area (Å²) >= 11 is 0. The first-order chi connectivity index (χ1) is 18.5. The summed E-state index contributed by atoms with van der Waals surface area (Å²) in [5.41, 5.74) is 5.96. The molecule has 3 N–H and O–H groups in total. The second-order valence-corrected chi connectivity index (χ2v) is 8.50. The number of hydrogen-bond acceptors (Lipinski definition) is 5. The van der Waals surface area contributed by atoms with Gasteiger partial charge in [-0.3, -0.25) is 9.89 Å². The summed E-state index contributed by atoms with van der Waals surface area (Å²) in [4.78, 5) is 11.5. The molecule has 5 rings (SSSR count). The number of aromatic nitrogens is 3. The third kappa shape index (κ3) is 5.46. The summed E-state index contributed by atoms with van der Waals surface area (Å²) in [6.07, 6.45) is 2.55. The van der Waals surface area contributed by atoms with Crippen LogP contribution in [0.3, 0.4) is 0 Å². The molecular formula is C30H34FN3O4. The van der Waals surface area contributed by atoms with E-state index in [0.717, 1.165) is 57.7 Å². The largest absolute Gasteiger partial charge is 0.491 e. The van der Waals surface area contributed by atoms with Crippen molar-refractivity contribution >= 4 is 28.1 Å². The first-order valence-corrected chi connectivity index (χ1v) is 12.6. The zero-order valence-corrected chi connectivity index (χ0v) is 22.3. The van der Waals surface area contributed by atoms with Crippen molar-refractivity contribution in [1.82, 2.24) is 14.8 Å². The van der Waals surface area contributed by atoms with Crippen LogP contribution in [0.25, 0.3) is 38.6 Å². The van der Waals surface area contributed by atoms with Crippen LogP contribution < -0.4 is 4.74 Å². The van der Waals surface area contributed by atoms with Crippen molar-refractivity contribution in [3.05, 3.63) is 77.9 Å². The number of H-pyrrole nitrogens is 1. The molecule has 0 fully saturated rings. The number of hydrogen-bond donors (Lipinski definition) is 3. The van der Waals surface area contributed by atoms with Crippen LogP contribution >= 0.6 is 0 Å². The highest BCUT2D eigenvalue weighted by Gasteiger charge is 2.25. The van der Waals surface area contributed by atoms with Gasteiger partial charge < -0.3 is 19.5 Å². The van der Waals surface area contributed by atoms with Gasteiger partial charge in [0, 0.05) is 46.0 Å². The number of aromatic amines is 1. The Bertz CT molecular complexity index is 1500. The molecule has 7 nitrogen and oxygen atoms in total. The van der Waals surface area contributed by atoms with Crippen LogP contribution in [-0.2, 0) is 0 Å². The Kier molecular flexibility index (Phi) is 9.76. The lowest BCUT2D eigenvalue weighted by atomic mass is 9.95. The number of ether oxygens (including phenoxy) is 1. The molecule has 0 bridgehead atoms. The maximum Gasteiger partial charge on any atom is 0.150 e. The number of halogens is 1. The molecule has 2 aromatic heterocycles. The summed E-state index contributed by atoms with van der Waals surface area (Å²) in [6.45, 7) is 8.18. The van der Waals surface area contributed by atoms with E-state index in [4.69, 9.17) is 9.84 Å². The molecule has 0 aliphatic carbocycles.